The maximum Gasteiger partial charge on any atom is 0.228 e. The lowest BCUT2D eigenvalue weighted by Gasteiger charge is -2.21. The molecule has 0 aliphatic carbocycles. The van der Waals surface area contributed by atoms with E-state index in [9.17, 15) is 0 Å². The standard InChI is InChI=1S/C11H17N3O2S.ClH/c1-3-15-6-8(1)11-13-10(16-14-11)5-9-7-17-4-2-12-9;/h8-9,12H,1-7H2;1H. The lowest BCUT2D eigenvalue weighted by Crippen LogP contribution is -2.38. The van der Waals surface area contributed by atoms with E-state index in [1.54, 1.807) is 0 Å². The number of aromatic nitrogens is 2. The normalized spacial score (nSPS) is 28.0. The van der Waals surface area contributed by atoms with E-state index in [4.69, 9.17) is 9.26 Å². The molecule has 2 unspecified atom stereocenters. The summed E-state index contributed by atoms with van der Waals surface area (Å²) >= 11 is 1.98. The predicted molar refractivity (Wildman–Crippen MR) is 72.5 cm³/mol. The zero-order chi connectivity index (χ0) is 11.5. The van der Waals surface area contributed by atoms with Crippen LogP contribution in [0.15, 0.2) is 4.52 Å². The van der Waals surface area contributed by atoms with Gasteiger partial charge >= 0.3 is 0 Å². The highest BCUT2D eigenvalue weighted by Crippen LogP contribution is 2.22. The quantitative estimate of drug-likeness (QED) is 0.904. The Morgan fingerprint density at radius 1 is 1.44 bits per heavy atom. The highest BCUT2D eigenvalue weighted by atomic mass is 35.5. The summed E-state index contributed by atoms with van der Waals surface area (Å²) in [6.07, 6.45) is 1.85. The number of hydrogen-bond donors (Lipinski definition) is 1. The van der Waals surface area contributed by atoms with Gasteiger partial charge in [0.2, 0.25) is 5.89 Å². The van der Waals surface area contributed by atoms with Crippen LogP contribution in [0.25, 0.3) is 0 Å². The van der Waals surface area contributed by atoms with Gasteiger partial charge in [0.15, 0.2) is 5.82 Å². The second-order valence-electron chi connectivity index (χ2n) is 4.54. The third-order valence-electron chi connectivity index (χ3n) is 3.20. The minimum absolute atomic E-state index is 0. The van der Waals surface area contributed by atoms with Crippen LogP contribution >= 0.6 is 24.2 Å². The van der Waals surface area contributed by atoms with Crippen LogP contribution in [0.5, 0.6) is 0 Å². The van der Waals surface area contributed by atoms with E-state index in [0.717, 1.165) is 50.1 Å². The van der Waals surface area contributed by atoms with Crippen molar-refractivity contribution in [2.75, 3.05) is 31.3 Å². The van der Waals surface area contributed by atoms with Crippen LogP contribution in [0.4, 0.5) is 0 Å². The molecule has 0 amide bonds. The molecule has 2 fully saturated rings. The van der Waals surface area contributed by atoms with Gasteiger partial charge in [-0.2, -0.15) is 16.7 Å². The summed E-state index contributed by atoms with van der Waals surface area (Å²) < 4.78 is 10.6. The van der Waals surface area contributed by atoms with Gasteiger partial charge in [0.05, 0.1) is 6.61 Å². The number of halogens is 1. The van der Waals surface area contributed by atoms with E-state index in [1.165, 1.54) is 5.75 Å². The zero-order valence-electron chi connectivity index (χ0n) is 10.1. The van der Waals surface area contributed by atoms with Gasteiger partial charge < -0.3 is 14.6 Å². The molecular formula is C11H18ClN3O2S. The molecule has 102 valence electrons. The fourth-order valence-corrected chi connectivity index (χ4v) is 3.17. The van der Waals surface area contributed by atoms with E-state index in [2.05, 4.69) is 15.5 Å². The Morgan fingerprint density at radius 3 is 3.11 bits per heavy atom. The first-order chi connectivity index (χ1) is 8.42. The largest absolute Gasteiger partial charge is 0.381 e. The topological polar surface area (TPSA) is 60.2 Å². The SMILES string of the molecule is C1CSCC(Cc2nc(C3CCOC3)no2)N1.Cl. The molecule has 0 spiro atoms. The van der Waals surface area contributed by atoms with Crippen molar-refractivity contribution < 1.29 is 9.26 Å². The molecule has 0 bridgehead atoms. The Kier molecular flexibility index (Phi) is 5.29. The highest BCUT2D eigenvalue weighted by molar-refractivity contribution is 7.99. The summed E-state index contributed by atoms with van der Waals surface area (Å²) in [5, 5.41) is 7.54. The molecule has 2 aliphatic heterocycles. The minimum atomic E-state index is 0. The van der Waals surface area contributed by atoms with Gasteiger partial charge in [-0.05, 0) is 6.42 Å². The number of ether oxygens (including phenoxy) is 1. The number of rotatable bonds is 3. The average Bonchev–Trinajstić information content (AvgIpc) is 3.00. The van der Waals surface area contributed by atoms with Crippen LogP contribution in [-0.2, 0) is 11.2 Å². The molecule has 1 N–H and O–H groups in total. The molecule has 18 heavy (non-hydrogen) atoms. The summed E-state index contributed by atoms with van der Waals surface area (Å²) in [5.74, 6) is 4.24. The van der Waals surface area contributed by atoms with E-state index in [0.29, 0.717) is 12.0 Å². The van der Waals surface area contributed by atoms with Crippen LogP contribution in [0, 0.1) is 0 Å². The smallest absolute Gasteiger partial charge is 0.228 e. The zero-order valence-corrected chi connectivity index (χ0v) is 11.8. The van der Waals surface area contributed by atoms with Crippen molar-refractivity contribution in [3.63, 3.8) is 0 Å². The summed E-state index contributed by atoms with van der Waals surface area (Å²) in [6, 6.07) is 0.474. The lowest BCUT2D eigenvalue weighted by molar-refractivity contribution is 0.192. The molecular weight excluding hydrogens is 274 g/mol. The Labute approximate surface area is 117 Å². The van der Waals surface area contributed by atoms with E-state index in [-0.39, 0.29) is 12.4 Å². The molecule has 1 aromatic rings. The van der Waals surface area contributed by atoms with Gasteiger partial charge in [0.25, 0.3) is 0 Å². The molecule has 1 aromatic heterocycles. The lowest BCUT2D eigenvalue weighted by atomic mass is 10.1. The summed E-state index contributed by atoms with van der Waals surface area (Å²) in [5.41, 5.74) is 0. The molecule has 2 atom stereocenters. The molecule has 7 heteroatoms. The molecule has 2 saturated heterocycles. The fraction of sp³-hybridized carbons (Fsp3) is 0.818. The van der Waals surface area contributed by atoms with Crippen molar-refractivity contribution >= 4 is 24.2 Å². The van der Waals surface area contributed by atoms with Crippen molar-refractivity contribution in [3.8, 4) is 0 Å². The monoisotopic (exact) mass is 291 g/mol. The second-order valence-corrected chi connectivity index (χ2v) is 5.69. The Hall–Kier alpha value is -0.300. The summed E-state index contributed by atoms with van der Waals surface area (Å²) in [4.78, 5) is 4.48. The van der Waals surface area contributed by atoms with E-state index < -0.39 is 0 Å². The average molecular weight is 292 g/mol. The van der Waals surface area contributed by atoms with Crippen LogP contribution < -0.4 is 5.32 Å². The third kappa shape index (κ3) is 3.38. The van der Waals surface area contributed by atoms with Gasteiger partial charge in [0.1, 0.15) is 0 Å². The van der Waals surface area contributed by atoms with Crippen molar-refractivity contribution in [3.05, 3.63) is 11.7 Å². The van der Waals surface area contributed by atoms with E-state index >= 15 is 0 Å². The van der Waals surface area contributed by atoms with Crippen LogP contribution in [-0.4, -0.2) is 47.4 Å². The third-order valence-corrected chi connectivity index (χ3v) is 4.33. The molecule has 3 heterocycles. The van der Waals surface area contributed by atoms with Gasteiger partial charge in [0, 0.05) is 43.0 Å². The van der Waals surface area contributed by atoms with E-state index in [1.807, 2.05) is 11.8 Å². The van der Waals surface area contributed by atoms with Gasteiger partial charge in [-0.15, -0.1) is 12.4 Å². The Bertz CT molecular complexity index is 365. The first kappa shape index (κ1) is 14.1. The number of hydrogen-bond acceptors (Lipinski definition) is 6. The van der Waals surface area contributed by atoms with Gasteiger partial charge in [-0.1, -0.05) is 5.16 Å². The first-order valence-electron chi connectivity index (χ1n) is 6.13. The van der Waals surface area contributed by atoms with Gasteiger partial charge in [-0.3, -0.25) is 0 Å². The molecule has 3 rings (SSSR count). The number of nitrogens with one attached hydrogen (secondary N) is 1. The van der Waals surface area contributed by atoms with Crippen LogP contribution in [0.3, 0.4) is 0 Å². The minimum Gasteiger partial charge on any atom is -0.381 e. The van der Waals surface area contributed by atoms with Gasteiger partial charge in [-0.25, -0.2) is 0 Å². The van der Waals surface area contributed by atoms with Crippen molar-refractivity contribution in [2.45, 2.75) is 24.8 Å². The first-order valence-corrected chi connectivity index (χ1v) is 7.28. The highest BCUT2D eigenvalue weighted by Gasteiger charge is 2.24. The predicted octanol–water partition coefficient (Wildman–Crippen LogP) is 1.24. The molecule has 0 saturated carbocycles. The molecule has 5 nitrogen and oxygen atoms in total. The van der Waals surface area contributed by atoms with Crippen molar-refractivity contribution in [1.29, 1.82) is 0 Å². The molecule has 2 aliphatic rings. The Balaban J connectivity index is 0.00000120. The summed E-state index contributed by atoms with van der Waals surface area (Å²) in [7, 11) is 0. The fourth-order valence-electron chi connectivity index (χ4n) is 2.22. The van der Waals surface area contributed by atoms with Crippen LogP contribution in [0.1, 0.15) is 24.1 Å². The van der Waals surface area contributed by atoms with Crippen LogP contribution in [0.2, 0.25) is 0 Å². The molecule has 0 aromatic carbocycles. The number of nitrogens with zero attached hydrogens (tertiary/aromatic N) is 2. The number of thioether (sulfide) groups is 1. The Morgan fingerprint density at radius 2 is 2.39 bits per heavy atom. The van der Waals surface area contributed by atoms with Crippen molar-refractivity contribution in [1.82, 2.24) is 15.5 Å². The molecule has 0 radical (unpaired) electrons. The summed E-state index contributed by atoms with van der Waals surface area (Å²) in [6.45, 7) is 2.62. The second kappa shape index (κ2) is 6.75. The maximum absolute atomic E-state index is 5.33. The van der Waals surface area contributed by atoms with Crippen molar-refractivity contribution in [2.24, 2.45) is 0 Å². The maximum atomic E-state index is 5.33.